The SMILES string of the molecule is C=C/C(=C\C=C(/C)F)CN1CCc2ncn(C(c3ccccc3)c3ccccc3)c(=O)c2C1. The van der Waals surface area contributed by atoms with E-state index in [1.807, 2.05) is 60.7 Å². The highest BCUT2D eigenvalue weighted by Crippen LogP contribution is 2.26. The zero-order valence-corrected chi connectivity index (χ0v) is 18.8. The molecule has 5 heteroatoms. The van der Waals surface area contributed by atoms with Crippen molar-refractivity contribution in [3.8, 4) is 0 Å². The lowest BCUT2D eigenvalue weighted by atomic mass is 9.98. The van der Waals surface area contributed by atoms with E-state index in [2.05, 4.69) is 16.5 Å². The van der Waals surface area contributed by atoms with Gasteiger partial charge in [-0.2, -0.15) is 0 Å². The van der Waals surface area contributed by atoms with E-state index in [4.69, 9.17) is 0 Å². The van der Waals surface area contributed by atoms with Gasteiger partial charge in [-0.25, -0.2) is 9.37 Å². The molecular weight excluding hydrogens is 413 g/mol. The Morgan fingerprint density at radius 3 is 2.30 bits per heavy atom. The van der Waals surface area contributed by atoms with E-state index >= 15 is 0 Å². The van der Waals surface area contributed by atoms with Crippen molar-refractivity contribution < 1.29 is 4.39 Å². The number of fused-ring (bicyclic) bond motifs is 1. The predicted octanol–water partition coefficient (Wildman–Crippen LogP) is 5.22. The average Bonchev–Trinajstić information content (AvgIpc) is 2.85. The molecule has 4 rings (SSSR count). The number of halogens is 1. The molecule has 168 valence electrons. The van der Waals surface area contributed by atoms with Crippen LogP contribution in [0.15, 0.2) is 108 Å². The molecule has 4 nitrogen and oxygen atoms in total. The normalized spacial score (nSPS) is 14.9. The highest BCUT2D eigenvalue weighted by atomic mass is 19.1. The van der Waals surface area contributed by atoms with Crippen LogP contribution in [-0.2, 0) is 13.0 Å². The third-order valence-electron chi connectivity index (χ3n) is 5.93. The molecule has 0 fully saturated rings. The summed E-state index contributed by atoms with van der Waals surface area (Å²) >= 11 is 0. The van der Waals surface area contributed by atoms with E-state index in [0.717, 1.165) is 34.5 Å². The second-order valence-corrected chi connectivity index (χ2v) is 8.27. The number of hydrogen-bond acceptors (Lipinski definition) is 3. The van der Waals surface area contributed by atoms with Crippen LogP contribution in [0.4, 0.5) is 4.39 Å². The van der Waals surface area contributed by atoms with E-state index in [1.165, 1.54) is 13.0 Å². The fraction of sp³-hybridized carbons (Fsp3) is 0.214. The molecule has 0 spiro atoms. The van der Waals surface area contributed by atoms with Crippen LogP contribution >= 0.6 is 0 Å². The summed E-state index contributed by atoms with van der Waals surface area (Å²) in [5.74, 6) is -0.252. The van der Waals surface area contributed by atoms with Gasteiger partial charge in [-0.15, -0.1) is 0 Å². The highest BCUT2D eigenvalue weighted by Gasteiger charge is 2.25. The fourth-order valence-corrected chi connectivity index (χ4v) is 4.25. The molecular formula is C28H28FN3O. The fourth-order valence-electron chi connectivity index (χ4n) is 4.25. The summed E-state index contributed by atoms with van der Waals surface area (Å²) in [6.45, 7) is 7.15. The second kappa shape index (κ2) is 10.4. The van der Waals surface area contributed by atoms with E-state index in [9.17, 15) is 9.18 Å². The molecule has 0 bridgehead atoms. The van der Waals surface area contributed by atoms with Crippen LogP contribution in [0.1, 0.15) is 35.3 Å². The molecule has 2 heterocycles. The highest BCUT2D eigenvalue weighted by molar-refractivity contribution is 5.34. The molecule has 0 N–H and O–H groups in total. The minimum Gasteiger partial charge on any atom is -0.294 e. The van der Waals surface area contributed by atoms with Gasteiger partial charge in [0.15, 0.2) is 0 Å². The number of allylic oxidation sites excluding steroid dienone is 3. The maximum Gasteiger partial charge on any atom is 0.258 e. The maximum absolute atomic E-state index is 13.7. The van der Waals surface area contributed by atoms with Gasteiger partial charge in [0.05, 0.1) is 29.5 Å². The molecule has 0 radical (unpaired) electrons. The van der Waals surface area contributed by atoms with Crippen LogP contribution < -0.4 is 5.56 Å². The van der Waals surface area contributed by atoms with Gasteiger partial charge < -0.3 is 0 Å². The molecule has 0 saturated carbocycles. The zero-order chi connectivity index (χ0) is 23.2. The molecule has 0 atom stereocenters. The molecule has 0 unspecified atom stereocenters. The first-order chi connectivity index (χ1) is 16.1. The molecule has 0 amide bonds. The average molecular weight is 442 g/mol. The first-order valence-corrected chi connectivity index (χ1v) is 11.1. The Balaban J connectivity index is 1.70. The van der Waals surface area contributed by atoms with Crippen LogP contribution in [0.2, 0.25) is 0 Å². The molecule has 1 aliphatic rings. The summed E-state index contributed by atoms with van der Waals surface area (Å²) in [5, 5.41) is 0. The van der Waals surface area contributed by atoms with Gasteiger partial charge in [-0.1, -0.05) is 79.4 Å². The van der Waals surface area contributed by atoms with Crippen molar-refractivity contribution in [2.75, 3.05) is 13.1 Å². The van der Waals surface area contributed by atoms with Crippen molar-refractivity contribution in [3.05, 3.63) is 136 Å². The Morgan fingerprint density at radius 1 is 1.09 bits per heavy atom. The van der Waals surface area contributed by atoms with Gasteiger partial charge in [-0.3, -0.25) is 14.3 Å². The number of nitrogens with zero attached hydrogens (tertiary/aromatic N) is 3. The van der Waals surface area contributed by atoms with Crippen LogP contribution in [0.25, 0.3) is 0 Å². The zero-order valence-electron chi connectivity index (χ0n) is 18.8. The third kappa shape index (κ3) is 5.26. The molecule has 1 aromatic heterocycles. The topological polar surface area (TPSA) is 38.1 Å². The minimum atomic E-state index is -0.255. The van der Waals surface area contributed by atoms with Crippen molar-refractivity contribution >= 4 is 0 Å². The van der Waals surface area contributed by atoms with Crippen LogP contribution in [0, 0.1) is 0 Å². The lowest BCUT2D eigenvalue weighted by Crippen LogP contribution is -2.39. The summed E-state index contributed by atoms with van der Waals surface area (Å²) in [4.78, 5) is 20.6. The number of rotatable bonds is 7. The Morgan fingerprint density at radius 2 is 1.73 bits per heavy atom. The maximum atomic E-state index is 13.7. The summed E-state index contributed by atoms with van der Waals surface area (Å²) in [6, 6.07) is 19.8. The van der Waals surface area contributed by atoms with E-state index in [-0.39, 0.29) is 17.4 Å². The summed E-state index contributed by atoms with van der Waals surface area (Å²) in [6.07, 6.45) is 7.30. The van der Waals surface area contributed by atoms with E-state index in [0.29, 0.717) is 19.5 Å². The molecule has 2 aromatic carbocycles. The number of benzene rings is 2. The smallest absolute Gasteiger partial charge is 0.258 e. The predicted molar refractivity (Wildman–Crippen MR) is 131 cm³/mol. The van der Waals surface area contributed by atoms with Gasteiger partial charge in [-0.05, 0) is 29.7 Å². The Bertz CT molecular complexity index is 1190. The largest absolute Gasteiger partial charge is 0.294 e. The van der Waals surface area contributed by atoms with E-state index < -0.39 is 0 Å². The monoisotopic (exact) mass is 441 g/mol. The van der Waals surface area contributed by atoms with Crippen molar-refractivity contribution in [1.29, 1.82) is 0 Å². The number of aromatic nitrogens is 2. The molecule has 0 aliphatic carbocycles. The lowest BCUT2D eigenvalue weighted by molar-refractivity contribution is 0.271. The van der Waals surface area contributed by atoms with Gasteiger partial charge >= 0.3 is 0 Å². The second-order valence-electron chi connectivity index (χ2n) is 8.27. The lowest BCUT2D eigenvalue weighted by Gasteiger charge is -2.29. The Hall–Kier alpha value is -3.57. The molecule has 1 aliphatic heterocycles. The van der Waals surface area contributed by atoms with Gasteiger partial charge in [0.1, 0.15) is 0 Å². The quantitative estimate of drug-likeness (QED) is 0.472. The van der Waals surface area contributed by atoms with E-state index in [1.54, 1.807) is 23.0 Å². The number of hydrogen-bond donors (Lipinski definition) is 0. The minimum absolute atomic E-state index is 0.0222. The first kappa shape index (κ1) is 22.6. The summed E-state index contributed by atoms with van der Waals surface area (Å²) in [7, 11) is 0. The first-order valence-electron chi connectivity index (χ1n) is 11.1. The third-order valence-corrected chi connectivity index (χ3v) is 5.93. The Kier molecular flexibility index (Phi) is 7.10. The van der Waals surface area contributed by atoms with Crippen LogP contribution in [0.3, 0.4) is 0 Å². The molecule has 33 heavy (non-hydrogen) atoms. The van der Waals surface area contributed by atoms with Gasteiger partial charge in [0.2, 0.25) is 0 Å². The molecule has 3 aromatic rings. The van der Waals surface area contributed by atoms with Gasteiger partial charge in [0.25, 0.3) is 5.56 Å². The van der Waals surface area contributed by atoms with Gasteiger partial charge in [0, 0.05) is 26.1 Å². The standard InChI is InChI=1S/C28H28FN3O/c1-3-22(15-14-21(2)29)18-31-17-16-26-25(19-31)28(33)32(20-30-26)27(23-10-6-4-7-11-23)24-12-8-5-9-13-24/h3-15,20,27H,1,16-19H2,2H3/b21-14+,22-15+. The molecule has 0 saturated heterocycles. The van der Waals surface area contributed by atoms with Crippen molar-refractivity contribution in [2.45, 2.75) is 25.9 Å². The summed E-state index contributed by atoms with van der Waals surface area (Å²) < 4.78 is 14.9. The summed E-state index contributed by atoms with van der Waals surface area (Å²) in [5.41, 5.74) is 4.53. The Labute approximate surface area is 194 Å². The van der Waals surface area contributed by atoms with Crippen molar-refractivity contribution in [2.24, 2.45) is 0 Å². The van der Waals surface area contributed by atoms with Crippen molar-refractivity contribution in [1.82, 2.24) is 14.5 Å². The van der Waals surface area contributed by atoms with Crippen LogP contribution in [0.5, 0.6) is 0 Å². The van der Waals surface area contributed by atoms with Crippen LogP contribution in [-0.4, -0.2) is 27.5 Å². The van der Waals surface area contributed by atoms with Crippen molar-refractivity contribution in [3.63, 3.8) is 0 Å².